The second kappa shape index (κ2) is 4.30. The molecule has 76 valence electrons. The molecule has 2 rings (SSSR count). The molecule has 14 heavy (non-hydrogen) atoms. The lowest BCUT2D eigenvalue weighted by atomic mass is 10.1. The summed E-state index contributed by atoms with van der Waals surface area (Å²) < 4.78 is 0. The summed E-state index contributed by atoms with van der Waals surface area (Å²) in [6, 6.07) is 6.45. The lowest BCUT2D eigenvalue weighted by molar-refractivity contribution is 0.284. The lowest BCUT2D eigenvalue weighted by Crippen LogP contribution is -2.22. The van der Waals surface area contributed by atoms with Crippen LogP contribution in [0.4, 0.5) is 0 Å². The number of hydrogen-bond donors (Lipinski definition) is 2. The van der Waals surface area contributed by atoms with Crippen molar-refractivity contribution in [2.45, 2.75) is 18.9 Å². The molecule has 0 spiro atoms. The van der Waals surface area contributed by atoms with Crippen LogP contribution in [0.3, 0.4) is 0 Å². The first-order chi connectivity index (χ1) is 6.81. The first-order valence-corrected chi connectivity index (χ1v) is 5.31. The van der Waals surface area contributed by atoms with Crippen LogP contribution in [0.25, 0.3) is 0 Å². The summed E-state index contributed by atoms with van der Waals surface area (Å²) in [5.41, 5.74) is 2.68. The zero-order chi connectivity index (χ0) is 9.97. The van der Waals surface area contributed by atoms with Gasteiger partial charge in [0.05, 0.1) is 6.61 Å². The lowest BCUT2D eigenvalue weighted by Gasteiger charge is -2.12. The number of fused-ring (bicyclic) bond motifs is 1. The molecule has 0 unspecified atom stereocenters. The van der Waals surface area contributed by atoms with Crippen molar-refractivity contribution in [2.75, 3.05) is 13.2 Å². The van der Waals surface area contributed by atoms with Crippen LogP contribution in [0.1, 0.15) is 23.6 Å². The average molecular weight is 212 g/mol. The maximum Gasteiger partial charge on any atom is 0.0556 e. The van der Waals surface area contributed by atoms with Gasteiger partial charge in [0.25, 0.3) is 0 Å². The first kappa shape index (κ1) is 9.97. The smallest absolute Gasteiger partial charge is 0.0556 e. The van der Waals surface area contributed by atoms with Crippen molar-refractivity contribution in [3.8, 4) is 0 Å². The second-order valence-electron chi connectivity index (χ2n) is 3.61. The van der Waals surface area contributed by atoms with E-state index in [1.54, 1.807) is 0 Å². The molecule has 0 heterocycles. The van der Waals surface area contributed by atoms with Gasteiger partial charge in [-0.3, -0.25) is 0 Å². The van der Waals surface area contributed by atoms with Crippen LogP contribution in [-0.4, -0.2) is 18.3 Å². The van der Waals surface area contributed by atoms with Crippen molar-refractivity contribution in [3.05, 3.63) is 34.3 Å². The predicted octanol–water partition coefficient (Wildman–Crippen LogP) is 1.91. The van der Waals surface area contributed by atoms with Crippen molar-refractivity contribution in [1.29, 1.82) is 0 Å². The molecule has 0 aliphatic heterocycles. The summed E-state index contributed by atoms with van der Waals surface area (Å²) in [4.78, 5) is 0. The summed E-state index contributed by atoms with van der Waals surface area (Å²) in [5.74, 6) is 0. The Labute approximate surface area is 88.9 Å². The summed E-state index contributed by atoms with van der Waals surface area (Å²) in [6.07, 6.45) is 2.19. The topological polar surface area (TPSA) is 32.3 Å². The number of aliphatic hydroxyl groups is 1. The standard InChI is InChI=1S/C11H14ClNO/c12-9-2-3-10-8(7-9)1-4-11(10)13-5-6-14/h2-3,7,11,13-14H,1,4-6H2/t11-/m0/s1. The highest BCUT2D eigenvalue weighted by atomic mass is 35.5. The van der Waals surface area contributed by atoms with Crippen LogP contribution in [0.5, 0.6) is 0 Å². The second-order valence-corrected chi connectivity index (χ2v) is 4.05. The zero-order valence-corrected chi connectivity index (χ0v) is 8.72. The van der Waals surface area contributed by atoms with Crippen LogP contribution in [0, 0.1) is 0 Å². The summed E-state index contributed by atoms with van der Waals surface area (Å²) in [7, 11) is 0. The molecule has 1 atom stereocenters. The van der Waals surface area contributed by atoms with Crippen LogP contribution in [-0.2, 0) is 6.42 Å². The normalized spacial score (nSPS) is 19.7. The molecular weight excluding hydrogens is 198 g/mol. The van der Waals surface area contributed by atoms with Gasteiger partial charge in [-0.25, -0.2) is 0 Å². The number of aryl methyl sites for hydroxylation is 1. The predicted molar refractivity (Wildman–Crippen MR) is 57.6 cm³/mol. The van der Waals surface area contributed by atoms with Gasteiger partial charge in [0.15, 0.2) is 0 Å². The van der Waals surface area contributed by atoms with Crippen LogP contribution < -0.4 is 5.32 Å². The van der Waals surface area contributed by atoms with Gasteiger partial charge in [-0.05, 0) is 36.1 Å². The molecule has 2 N–H and O–H groups in total. The molecule has 0 amide bonds. The third-order valence-electron chi connectivity index (χ3n) is 2.69. The number of halogens is 1. The highest BCUT2D eigenvalue weighted by Crippen LogP contribution is 2.32. The molecular formula is C11H14ClNO. The van der Waals surface area contributed by atoms with E-state index in [0.717, 1.165) is 17.9 Å². The largest absolute Gasteiger partial charge is 0.395 e. The number of nitrogens with one attached hydrogen (secondary N) is 1. The van der Waals surface area contributed by atoms with Gasteiger partial charge in [-0.2, -0.15) is 0 Å². The zero-order valence-electron chi connectivity index (χ0n) is 7.96. The fourth-order valence-corrected chi connectivity index (χ4v) is 2.23. The highest BCUT2D eigenvalue weighted by molar-refractivity contribution is 6.30. The molecule has 1 aromatic carbocycles. The quantitative estimate of drug-likeness (QED) is 0.801. The fraction of sp³-hybridized carbons (Fsp3) is 0.455. The number of benzene rings is 1. The molecule has 0 saturated heterocycles. The van der Waals surface area contributed by atoms with Gasteiger partial charge in [0.2, 0.25) is 0 Å². The Balaban J connectivity index is 2.14. The molecule has 0 bridgehead atoms. The van der Waals surface area contributed by atoms with E-state index in [-0.39, 0.29) is 6.61 Å². The Morgan fingerprint density at radius 1 is 1.50 bits per heavy atom. The number of rotatable bonds is 3. The molecule has 1 aromatic rings. The van der Waals surface area contributed by atoms with Gasteiger partial charge in [-0.15, -0.1) is 0 Å². The molecule has 0 radical (unpaired) electrons. The van der Waals surface area contributed by atoms with Crippen molar-refractivity contribution in [2.24, 2.45) is 0 Å². The number of hydrogen-bond acceptors (Lipinski definition) is 2. The monoisotopic (exact) mass is 211 g/mol. The van der Waals surface area contributed by atoms with Crippen molar-refractivity contribution >= 4 is 11.6 Å². The van der Waals surface area contributed by atoms with Crippen molar-refractivity contribution < 1.29 is 5.11 Å². The van der Waals surface area contributed by atoms with Gasteiger partial charge < -0.3 is 10.4 Å². The van der Waals surface area contributed by atoms with Gasteiger partial charge in [0.1, 0.15) is 0 Å². The van der Waals surface area contributed by atoms with Crippen LogP contribution in [0.2, 0.25) is 5.02 Å². The molecule has 3 heteroatoms. The van der Waals surface area contributed by atoms with E-state index in [9.17, 15) is 0 Å². The molecule has 1 aliphatic rings. The van der Waals surface area contributed by atoms with E-state index >= 15 is 0 Å². The van der Waals surface area contributed by atoms with E-state index in [4.69, 9.17) is 16.7 Å². The third kappa shape index (κ3) is 1.92. The Kier molecular flexibility index (Phi) is 3.06. The number of aliphatic hydroxyl groups excluding tert-OH is 1. The van der Waals surface area contributed by atoms with E-state index in [0.29, 0.717) is 12.6 Å². The summed E-state index contributed by atoms with van der Waals surface area (Å²) in [6.45, 7) is 0.853. The van der Waals surface area contributed by atoms with E-state index < -0.39 is 0 Å². The molecule has 0 saturated carbocycles. The SMILES string of the molecule is OCCN[C@H]1CCc2cc(Cl)ccc21. The molecule has 0 fully saturated rings. The highest BCUT2D eigenvalue weighted by Gasteiger charge is 2.21. The minimum atomic E-state index is 0.194. The third-order valence-corrected chi connectivity index (χ3v) is 2.92. The van der Waals surface area contributed by atoms with E-state index in [2.05, 4.69) is 11.4 Å². The van der Waals surface area contributed by atoms with Gasteiger partial charge in [-0.1, -0.05) is 17.7 Å². The first-order valence-electron chi connectivity index (χ1n) is 4.94. The van der Waals surface area contributed by atoms with Gasteiger partial charge in [0, 0.05) is 17.6 Å². The van der Waals surface area contributed by atoms with E-state index in [1.807, 2.05) is 12.1 Å². The van der Waals surface area contributed by atoms with Crippen molar-refractivity contribution in [3.63, 3.8) is 0 Å². The Hall–Kier alpha value is -0.570. The van der Waals surface area contributed by atoms with Crippen LogP contribution >= 0.6 is 11.6 Å². The fourth-order valence-electron chi connectivity index (χ4n) is 2.04. The Morgan fingerprint density at radius 2 is 2.36 bits per heavy atom. The Morgan fingerprint density at radius 3 is 3.14 bits per heavy atom. The molecule has 2 nitrogen and oxygen atoms in total. The van der Waals surface area contributed by atoms with Crippen LogP contribution in [0.15, 0.2) is 18.2 Å². The molecule has 0 aromatic heterocycles. The summed E-state index contributed by atoms with van der Waals surface area (Å²) >= 11 is 5.92. The van der Waals surface area contributed by atoms with E-state index in [1.165, 1.54) is 11.1 Å². The van der Waals surface area contributed by atoms with Crippen molar-refractivity contribution in [1.82, 2.24) is 5.32 Å². The maximum atomic E-state index is 8.74. The minimum absolute atomic E-state index is 0.194. The molecule has 1 aliphatic carbocycles. The minimum Gasteiger partial charge on any atom is -0.395 e. The summed E-state index contributed by atoms with van der Waals surface area (Å²) in [5, 5.41) is 12.9. The average Bonchev–Trinajstić information content (AvgIpc) is 2.57. The Bertz CT molecular complexity index is 327. The maximum absolute atomic E-state index is 8.74. The van der Waals surface area contributed by atoms with Gasteiger partial charge >= 0.3 is 0 Å².